The molecule has 3 aromatic heterocycles. The van der Waals surface area contributed by atoms with Gasteiger partial charge in [-0.25, -0.2) is 9.78 Å². The first-order valence-corrected chi connectivity index (χ1v) is 8.79. The Labute approximate surface area is 145 Å². The lowest BCUT2D eigenvalue weighted by Crippen LogP contribution is -2.31. The smallest absolute Gasteiger partial charge is 0.328 e. The highest BCUT2D eigenvalue weighted by atomic mass is 31.2. The van der Waals surface area contributed by atoms with E-state index in [2.05, 4.69) is 19.6 Å². The van der Waals surface area contributed by atoms with Gasteiger partial charge in [0, 0.05) is 11.8 Å². The van der Waals surface area contributed by atoms with Crippen LogP contribution in [-0.2, 0) is 11.3 Å². The Bertz CT molecular complexity index is 1100. The summed E-state index contributed by atoms with van der Waals surface area (Å²) in [6.07, 6.45) is 4.11. The zero-order chi connectivity index (χ0) is 18.4. The Morgan fingerprint density at radius 3 is 2.85 bits per heavy atom. The van der Waals surface area contributed by atoms with Crippen LogP contribution in [0.5, 0.6) is 0 Å². The molecule has 1 aliphatic rings. The minimum Gasteiger partial charge on any atom is -0.328 e. The van der Waals surface area contributed by atoms with Crippen LogP contribution in [0.3, 0.4) is 0 Å². The van der Waals surface area contributed by atoms with Crippen LogP contribution >= 0.6 is 8.60 Å². The summed E-state index contributed by atoms with van der Waals surface area (Å²) < 4.78 is 20.6. The molecular formula is C14H13FN5O5P. The number of nitrogens with zero attached hydrogens (tertiary/aromatic N) is 4. The van der Waals surface area contributed by atoms with Gasteiger partial charge in [-0.05, 0) is 24.8 Å². The SMILES string of the molecule is O=c1[nH]c(=O)n(COP(O)O)cc1-c1cc(C2CC2)c2ncc(F)n2n1. The summed E-state index contributed by atoms with van der Waals surface area (Å²) in [4.78, 5) is 47.8. The summed E-state index contributed by atoms with van der Waals surface area (Å²) in [7, 11) is -2.66. The maximum Gasteiger partial charge on any atom is 0.330 e. The van der Waals surface area contributed by atoms with Gasteiger partial charge in [-0.2, -0.15) is 14.0 Å². The molecule has 10 nitrogen and oxygen atoms in total. The molecule has 0 atom stereocenters. The third kappa shape index (κ3) is 3.06. The molecule has 3 heterocycles. The van der Waals surface area contributed by atoms with Crippen molar-refractivity contribution in [2.24, 2.45) is 0 Å². The number of halogens is 1. The molecule has 1 saturated carbocycles. The fourth-order valence-electron chi connectivity index (χ4n) is 2.69. The predicted octanol–water partition coefficient (Wildman–Crippen LogP) is 0.448. The molecule has 3 aromatic rings. The monoisotopic (exact) mass is 381 g/mol. The van der Waals surface area contributed by atoms with Crippen LogP contribution in [0.1, 0.15) is 24.3 Å². The molecule has 1 aliphatic carbocycles. The number of nitrogens with one attached hydrogen (secondary N) is 1. The number of H-pyrrole nitrogens is 1. The van der Waals surface area contributed by atoms with Crippen LogP contribution in [0.2, 0.25) is 0 Å². The van der Waals surface area contributed by atoms with Crippen LogP contribution in [0.25, 0.3) is 16.9 Å². The first-order chi connectivity index (χ1) is 12.4. The standard InChI is InChI=1S/C14H13FN5O5P/c15-11-4-16-12-8(7-1-2-7)3-10(18-20(11)12)9-5-19(6-25-26(23)24)14(22)17-13(9)21/h3-5,7,23-24H,1-2,6H2,(H,17,21,22). The molecule has 0 amide bonds. The van der Waals surface area contributed by atoms with Crippen molar-refractivity contribution in [1.29, 1.82) is 0 Å². The van der Waals surface area contributed by atoms with Crippen LogP contribution < -0.4 is 11.2 Å². The molecule has 1 fully saturated rings. The van der Waals surface area contributed by atoms with Gasteiger partial charge in [0.2, 0.25) is 5.95 Å². The molecule has 3 N–H and O–H groups in total. The van der Waals surface area contributed by atoms with E-state index in [-0.39, 0.29) is 17.2 Å². The minimum atomic E-state index is -2.66. The van der Waals surface area contributed by atoms with E-state index in [0.29, 0.717) is 5.65 Å². The van der Waals surface area contributed by atoms with E-state index in [1.54, 1.807) is 6.07 Å². The number of hydrogen-bond donors (Lipinski definition) is 3. The zero-order valence-electron chi connectivity index (χ0n) is 13.2. The number of aromatic amines is 1. The van der Waals surface area contributed by atoms with Gasteiger partial charge in [-0.15, -0.1) is 0 Å². The van der Waals surface area contributed by atoms with E-state index >= 15 is 0 Å². The van der Waals surface area contributed by atoms with E-state index in [1.807, 2.05) is 0 Å². The Kier molecular flexibility index (Phi) is 4.16. The van der Waals surface area contributed by atoms with E-state index in [0.717, 1.165) is 33.7 Å². The largest absolute Gasteiger partial charge is 0.330 e. The Morgan fingerprint density at radius 2 is 2.15 bits per heavy atom. The molecule has 12 heteroatoms. The second-order valence-electron chi connectivity index (χ2n) is 5.86. The molecule has 0 aliphatic heterocycles. The average Bonchev–Trinajstić information content (AvgIpc) is 3.37. The fraction of sp³-hybridized carbons (Fsp3) is 0.286. The fourth-order valence-corrected chi connectivity index (χ4v) is 2.92. The highest BCUT2D eigenvalue weighted by molar-refractivity contribution is 7.39. The lowest BCUT2D eigenvalue weighted by atomic mass is 10.1. The Balaban J connectivity index is 1.87. The average molecular weight is 381 g/mol. The van der Waals surface area contributed by atoms with Crippen molar-refractivity contribution in [3.8, 4) is 11.3 Å². The van der Waals surface area contributed by atoms with E-state index in [4.69, 9.17) is 9.79 Å². The molecule has 0 radical (unpaired) electrons. The molecule has 4 rings (SSSR count). The molecule has 0 spiro atoms. The summed E-state index contributed by atoms with van der Waals surface area (Å²) in [6, 6.07) is 1.66. The zero-order valence-corrected chi connectivity index (χ0v) is 14.1. The maximum atomic E-state index is 14.0. The summed E-state index contributed by atoms with van der Waals surface area (Å²) in [6.45, 7) is -0.474. The highest BCUT2D eigenvalue weighted by Gasteiger charge is 2.28. The Morgan fingerprint density at radius 1 is 1.38 bits per heavy atom. The first-order valence-electron chi connectivity index (χ1n) is 7.63. The van der Waals surface area contributed by atoms with Crippen molar-refractivity contribution < 1.29 is 18.7 Å². The van der Waals surface area contributed by atoms with Crippen LogP contribution in [0.4, 0.5) is 4.39 Å². The van der Waals surface area contributed by atoms with Crippen molar-refractivity contribution in [3.05, 3.63) is 50.8 Å². The first kappa shape index (κ1) is 17.0. The normalized spacial score (nSPS) is 14.5. The second-order valence-corrected chi connectivity index (χ2v) is 6.62. The van der Waals surface area contributed by atoms with Crippen molar-refractivity contribution in [3.63, 3.8) is 0 Å². The van der Waals surface area contributed by atoms with Gasteiger partial charge in [-0.1, -0.05) is 0 Å². The van der Waals surface area contributed by atoms with Crippen LogP contribution in [0, 0.1) is 5.95 Å². The minimum absolute atomic E-state index is 0.0188. The maximum absolute atomic E-state index is 14.0. The molecule has 136 valence electrons. The lowest BCUT2D eigenvalue weighted by molar-refractivity contribution is 0.192. The summed E-state index contributed by atoms with van der Waals surface area (Å²) in [5.41, 5.74) is -0.120. The molecule has 26 heavy (non-hydrogen) atoms. The third-order valence-corrected chi connectivity index (χ3v) is 4.42. The van der Waals surface area contributed by atoms with E-state index in [9.17, 15) is 14.0 Å². The van der Waals surface area contributed by atoms with Crippen molar-refractivity contribution in [2.75, 3.05) is 0 Å². The van der Waals surface area contributed by atoms with E-state index in [1.165, 1.54) is 6.20 Å². The summed E-state index contributed by atoms with van der Waals surface area (Å²) in [5, 5.41) is 4.11. The van der Waals surface area contributed by atoms with Gasteiger partial charge in [0.1, 0.15) is 6.73 Å². The number of imidazole rings is 1. The Hall–Kier alpha value is -2.46. The molecular weight excluding hydrogens is 368 g/mol. The van der Waals surface area contributed by atoms with E-state index < -0.39 is 32.5 Å². The van der Waals surface area contributed by atoms with Gasteiger partial charge in [0.25, 0.3) is 5.56 Å². The summed E-state index contributed by atoms with van der Waals surface area (Å²) >= 11 is 0. The lowest BCUT2D eigenvalue weighted by Gasteiger charge is -2.10. The second kappa shape index (κ2) is 6.36. The van der Waals surface area contributed by atoms with Crippen molar-refractivity contribution in [2.45, 2.75) is 25.5 Å². The van der Waals surface area contributed by atoms with Gasteiger partial charge in [0.15, 0.2) is 5.65 Å². The van der Waals surface area contributed by atoms with Crippen molar-refractivity contribution >= 4 is 14.2 Å². The predicted molar refractivity (Wildman–Crippen MR) is 87.7 cm³/mol. The number of aromatic nitrogens is 5. The van der Waals surface area contributed by atoms with Gasteiger partial charge in [0.05, 0.1) is 17.5 Å². The quantitative estimate of drug-likeness (QED) is 0.546. The summed E-state index contributed by atoms with van der Waals surface area (Å²) in [5.74, 6) is -0.440. The van der Waals surface area contributed by atoms with Crippen LogP contribution in [-0.4, -0.2) is 33.9 Å². The highest BCUT2D eigenvalue weighted by Crippen LogP contribution is 2.42. The third-order valence-electron chi connectivity index (χ3n) is 4.07. The topological polar surface area (TPSA) is 135 Å². The molecule has 0 saturated heterocycles. The van der Waals surface area contributed by atoms with Crippen molar-refractivity contribution in [1.82, 2.24) is 24.1 Å². The van der Waals surface area contributed by atoms with Gasteiger partial charge in [-0.3, -0.25) is 18.9 Å². The molecule has 0 aromatic carbocycles. The van der Waals surface area contributed by atoms with Crippen LogP contribution in [0.15, 0.2) is 28.0 Å². The number of fused-ring (bicyclic) bond motifs is 1. The van der Waals surface area contributed by atoms with Gasteiger partial charge < -0.3 is 9.79 Å². The number of rotatable bonds is 5. The van der Waals surface area contributed by atoms with Gasteiger partial charge >= 0.3 is 14.3 Å². The molecule has 0 unspecified atom stereocenters. The number of hydrogen-bond acceptors (Lipinski definition) is 7. The molecule has 0 bridgehead atoms.